The van der Waals surface area contributed by atoms with Gasteiger partial charge in [0, 0.05) is 27.0 Å². The molecule has 1 aromatic carbocycles. The fourth-order valence-electron chi connectivity index (χ4n) is 2.62. The fraction of sp³-hybridized carbons (Fsp3) is 0.176. The summed E-state index contributed by atoms with van der Waals surface area (Å²) in [7, 11) is 0. The average molecular weight is 359 g/mol. The van der Waals surface area contributed by atoms with Crippen molar-refractivity contribution >= 4 is 40.3 Å². The Hall–Kier alpha value is -1.63. The fourth-order valence-corrected chi connectivity index (χ4v) is 5.26. The van der Waals surface area contributed by atoms with Crippen LogP contribution in [-0.2, 0) is 0 Å². The van der Waals surface area contributed by atoms with Crippen molar-refractivity contribution in [3.63, 3.8) is 0 Å². The molecule has 0 bridgehead atoms. The van der Waals surface area contributed by atoms with Gasteiger partial charge in [0.05, 0.1) is 6.04 Å². The highest BCUT2D eigenvalue weighted by molar-refractivity contribution is 7.99. The van der Waals surface area contributed by atoms with Crippen LogP contribution in [0, 0.1) is 0 Å². The van der Waals surface area contributed by atoms with E-state index >= 15 is 0 Å². The van der Waals surface area contributed by atoms with Gasteiger partial charge in [0.1, 0.15) is 10.7 Å². The average Bonchev–Trinajstić information content (AvgIpc) is 3.26. The summed E-state index contributed by atoms with van der Waals surface area (Å²) in [6, 6.07) is 10.4. The van der Waals surface area contributed by atoms with E-state index in [9.17, 15) is 4.79 Å². The summed E-state index contributed by atoms with van der Waals surface area (Å²) in [5, 5.41) is 9.95. The zero-order valence-corrected chi connectivity index (χ0v) is 14.6. The summed E-state index contributed by atoms with van der Waals surface area (Å²) in [6.07, 6.45) is 0.953. The molecule has 1 aliphatic rings. The number of amides is 1. The molecular formula is C17H14N2OS3. The third kappa shape index (κ3) is 3.06. The number of hydrogen-bond donors (Lipinski definition) is 1. The molecule has 1 atom stereocenters. The number of carbonyl (C=O) groups is 1. The smallest absolute Gasteiger partial charge is 0.271 e. The van der Waals surface area contributed by atoms with E-state index in [0.29, 0.717) is 5.69 Å². The number of carbonyl (C=O) groups excluding carboxylic acids is 1. The number of benzene rings is 1. The molecule has 3 aromatic rings. The van der Waals surface area contributed by atoms with Crippen molar-refractivity contribution in [2.45, 2.75) is 17.4 Å². The van der Waals surface area contributed by atoms with E-state index in [1.807, 2.05) is 40.7 Å². The first-order valence-electron chi connectivity index (χ1n) is 7.32. The summed E-state index contributed by atoms with van der Waals surface area (Å²) < 4.78 is 0. The van der Waals surface area contributed by atoms with Crippen molar-refractivity contribution in [1.29, 1.82) is 0 Å². The molecule has 1 N–H and O–H groups in total. The van der Waals surface area contributed by atoms with Crippen molar-refractivity contribution in [3.05, 3.63) is 57.7 Å². The Morgan fingerprint density at radius 1 is 1.22 bits per heavy atom. The Kier molecular flexibility index (Phi) is 4.20. The lowest BCUT2D eigenvalue weighted by molar-refractivity contribution is 0.0930. The van der Waals surface area contributed by atoms with Crippen LogP contribution < -0.4 is 5.32 Å². The lowest BCUT2D eigenvalue weighted by Gasteiger charge is -2.25. The minimum atomic E-state index is -0.0885. The van der Waals surface area contributed by atoms with Crippen LogP contribution in [0.25, 0.3) is 10.6 Å². The van der Waals surface area contributed by atoms with E-state index < -0.39 is 0 Å². The zero-order chi connectivity index (χ0) is 15.6. The largest absolute Gasteiger partial charge is 0.344 e. The lowest BCUT2D eigenvalue weighted by atomic mass is 10.0. The summed E-state index contributed by atoms with van der Waals surface area (Å²) >= 11 is 5.00. The zero-order valence-electron chi connectivity index (χ0n) is 12.2. The maximum Gasteiger partial charge on any atom is 0.271 e. The number of thiophene rings is 1. The van der Waals surface area contributed by atoms with Crippen LogP contribution in [0.2, 0.25) is 0 Å². The molecule has 0 aliphatic carbocycles. The van der Waals surface area contributed by atoms with Crippen LogP contribution in [0.3, 0.4) is 0 Å². The van der Waals surface area contributed by atoms with Crippen molar-refractivity contribution in [2.75, 3.05) is 5.75 Å². The standard InChI is InChI=1S/C17H14N2OS3/c20-16(14-10-23-17(19-14)11-5-7-21-9-11)18-13-6-8-22-15-4-2-1-3-12(13)15/h1-5,7,9-10,13H,6,8H2,(H,18,20). The van der Waals surface area contributed by atoms with Gasteiger partial charge < -0.3 is 5.32 Å². The minimum Gasteiger partial charge on any atom is -0.344 e. The van der Waals surface area contributed by atoms with E-state index in [1.165, 1.54) is 21.8 Å². The second-order valence-corrected chi connectivity index (χ2v) is 8.03. The van der Waals surface area contributed by atoms with Crippen molar-refractivity contribution in [3.8, 4) is 10.6 Å². The van der Waals surface area contributed by atoms with E-state index in [2.05, 4.69) is 27.8 Å². The normalized spacial score (nSPS) is 16.8. The molecule has 0 saturated heterocycles. The third-order valence-corrected chi connectivity index (χ3v) is 6.47. The van der Waals surface area contributed by atoms with Crippen molar-refractivity contribution < 1.29 is 4.79 Å². The van der Waals surface area contributed by atoms with Gasteiger partial charge in [-0.15, -0.1) is 23.1 Å². The Labute approximate surface area is 146 Å². The van der Waals surface area contributed by atoms with Crippen molar-refractivity contribution in [2.24, 2.45) is 0 Å². The molecule has 4 rings (SSSR count). The van der Waals surface area contributed by atoms with Crippen LogP contribution in [0.1, 0.15) is 28.5 Å². The molecule has 1 unspecified atom stereocenters. The minimum absolute atomic E-state index is 0.0752. The van der Waals surface area contributed by atoms with E-state index in [0.717, 1.165) is 22.7 Å². The SMILES string of the molecule is O=C(NC1CCSc2ccccc21)c1csc(-c2ccsc2)n1. The van der Waals surface area contributed by atoms with Crippen molar-refractivity contribution in [1.82, 2.24) is 10.3 Å². The molecule has 1 amide bonds. The van der Waals surface area contributed by atoms with Crippen LogP contribution in [-0.4, -0.2) is 16.6 Å². The van der Waals surface area contributed by atoms with E-state index in [-0.39, 0.29) is 11.9 Å². The molecule has 0 spiro atoms. The Morgan fingerprint density at radius 2 is 2.13 bits per heavy atom. The molecule has 1 aliphatic heterocycles. The van der Waals surface area contributed by atoms with Crippen LogP contribution in [0.5, 0.6) is 0 Å². The number of nitrogens with one attached hydrogen (secondary N) is 1. The Bertz CT molecular complexity index is 826. The molecule has 116 valence electrons. The highest BCUT2D eigenvalue weighted by Crippen LogP contribution is 2.36. The quantitative estimate of drug-likeness (QED) is 0.728. The second kappa shape index (κ2) is 6.47. The molecule has 3 heterocycles. The summed E-state index contributed by atoms with van der Waals surface area (Å²) in [5.74, 6) is 0.938. The number of hydrogen-bond acceptors (Lipinski definition) is 5. The molecule has 0 saturated carbocycles. The number of rotatable bonds is 3. The third-order valence-electron chi connectivity index (χ3n) is 3.77. The van der Waals surface area contributed by atoms with Gasteiger partial charge in [0.15, 0.2) is 0 Å². The predicted molar refractivity (Wildman–Crippen MR) is 97.4 cm³/mol. The van der Waals surface area contributed by atoms with Gasteiger partial charge >= 0.3 is 0 Å². The first-order valence-corrected chi connectivity index (χ1v) is 10.1. The number of thiazole rings is 1. The first-order chi connectivity index (χ1) is 11.3. The molecule has 2 aromatic heterocycles. The number of nitrogens with zero attached hydrogens (tertiary/aromatic N) is 1. The predicted octanol–water partition coefficient (Wildman–Crippen LogP) is 4.84. The molecule has 23 heavy (non-hydrogen) atoms. The monoisotopic (exact) mass is 358 g/mol. The van der Waals surface area contributed by atoms with E-state index in [4.69, 9.17) is 0 Å². The van der Waals surface area contributed by atoms with E-state index in [1.54, 1.807) is 11.3 Å². The van der Waals surface area contributed by atoms with Gasteiger partial charge in [0.25, 0.3) is 5.91 Å². The molecular weight excluding hydrogens is 344 g/mol. The van der Waals surface area contributed by atoms with Crippen LogP contribution in [0.15, 0.2) is 51.4 Å². The highest BCUT2D eigenvalue weighted by Gasteiger charge is 2.23. The van der Waals surface area contributed by atoms with Gasteiger partial charge in [-0.25, -0.2) is 4.98 Å². The maximum absolute atomic E-state index is 12.5. The molecule has 6 heteroatoms. The van der Waals surface area contributed by atoms with Gasteiger partial charge in [0.2, 0.25) is 0 Å². The highest BCUT2D eigenvalue weighted by atomic mass is 32.2. The first kappa shape index (κ1) is 14.9. The molecule has 3 nitrogen and oxygen atoms in total. The van der Waals surface area contributed by atoms with Gasteiger partial charge in [-0.2, -0.15) is 11.3 Å². The molecule has 0 radical (unpaired) electrons. The Balaban J connectivity index is 1.53. The number of aromatic nitrogens is 1. The second-order valence-electron chi connectivity index (χ2n) is 5.25. The van der Waals surface area contributed by atoms with Gasteiger partial charge in [-0.05, 0) is 29.5 Å². The number of thioether (sulfide) groups is 1. The summed E-state index contributed by atoms with van der Waals surface area (Å²) in [5.41, 5.74) is 2.80. The summed E-state index contributed by atoms with van der Waals surface area (Å²) in [4.78, 5) is 18.3. The molecule has 0 fully saturated rings. The van der Waals surface area contributed by atoms with Crippen LogP contribution >= 0.6 is 34.4 Å². The topological polar surface area (TPSA) is 42.0 Å². The summed E-state index contributed by atoms with van der Waals surface area (Å²) in [6.45, 7) is 0. The van der Waals surface area contributed by atoms with Crippen LogP contribution in [0.4, 0.5) is 0 Å². The number of fused-ring (bicyclic) bond motifs is 1. The lowest BCUT2D eigenvalue weighted by Crippen LogP contribution is -2.30. The van der Waals surface area contributed by atoms with Gasteiger partial charge in [-0.3, -0.25) is 4.79 Å². The maximum atomic E-state index is 12.5. The van der Waals surface area contributed by atoms with Gasteiger partial charge in [-0.1, -0.05) is 18.2 Å². The Morgan fingerprint density at radius 3 is 3.00 bits per heavy atom.